The number of nitrogens with one attached hydrogen (secondary N) is 1. The molecule has 0 spiro atoms. The molecule has 1 aromatic rings. The van der Waals surface area contributed by atoms with E-state index < -0.39 is 10.2 Å². The number of rotatable bonds is 10. The number of methoxy groups -OCH3 is 2. The van der Waals surface area contributed by atoms with E-state index >= 15 is 0 Å². The number of carbonyl (C=O) groups excluding carboxylic acids is 1. The Kier molecular flexibility index (Phi) is 7.28. The van der Waals surface area contributed by atoms with Gasteiger partial charge >= 0.3 is 0 Å². The molecular formula is C18H28N4O5S. The molecule has 0 atom stereocenters. The van der Waals surface area contributed by atoms with E-state index in [4.69, 9.17) is 14.6 Å². The van der Waals surface area contributed by atoms with Gasteiger partial charge in [0, 0.05) is 38.4 Å². The standard InChI is InChI=1S/C18H28N4O5S/c1-13-7-17(26-3)18(27-4)8-15(13)16(11-21(2)12-23)22-9-14(10-22)5-6-20-28(19,24)25/h7-8,11-12,14,20H,5-6,9-10H2,1-4H3,(H2,19,24,25)/b16-11+. The zero-order chi connectivity index (χ0) is 20.9. The van der Waals surface area contributed by atoms with Gasteiger partial charge in [0.15, 0.2) is 11.5 Å². The molecule has 3 N–H and O–H groups in total. The van der Waals surface area contributed by atoms with Gasteiger partial charge < -0.3 is 19.3 Å². The Morgan fingerprint density at radius 2 is 1.93 bits per heavy atom. The van der Waals surface area contributed by atoms with Crippen molar-refractivity contribution in [3.05, 3.63) is 29.5 Å². The highest BCUT2D eigenvalue weighted by atomic mass is 32.2. The maximum atomic E-state index is 11.1. The number of hydrogen-bond donors (Lipinski definition) is 2. The molecule has 1 aromatic carbocycles. The molecule has 1 fully saturated rings. The Morgan fingerprint density at radius 1 is 1.32 bits per heavy atom. The first-order chi connectivity index (χ1) is 13.2. The number of carbonyl (C=O) groups is 1. The van der Waals surface area contributed by atoms with Crippen LogP contribution < -0.4 is 19.3 Å². The van der Waals surface area contributed by atoms with Gasteiger partial charge in [-0.3, -0.25) is 4.79 Å². The highest BCUT2D eigenvalue weighted by Gasteiger charge is 2.30. The van der Waals surface area contributed by atoms with Crippen LogP contribution in [0.15, 0.2) is 18.3 Å². The molecule has 10 heteroatoms. The molecule has 1 aliphatic rings. The van der Waals surface area contributed by atoms with Gasteiger partial charge in [-0.15, -0.1) is 0 Å². The Bertz CT molecular complexity index is 835. The van der Waals surface area contributed by atoms with Crippen LogP contribution in [0.25, 0.3) is 5.70 Å². The Hall–Kier alpha value is -2.30. The van der Waals surface area contributed by atoms with Gasteiger partial charge in [-0.05, 0) is 37.0 Å². The molecule has 0 saturated carbocycles. The fourth-order valence-electron chi connectivity index (χ4n) is 3.16. The monoisotopic (exact) mass is 412 g/mol. The van der Waals surface area contributed by atoms with E-state index in [0.717, 1.165) is 36.3 Å². The number of aryl methyl sites for hydroxylation is 1. The zero-order valence-corrected chi connectivity index (χ0v) is 17.5. The van der Waals surface area contributed by atoms with Crippen LogP contribution in [-0.4, -0.2) is 65.5 Å². The van der Waals surface area contributed by atoms with Gasteiger partial charge in [-0.25, -0.2) is 9.86 Å². The molecule has 1 heterocycles. The van der Waals surface area contributed by atoms with E-state index in [-0.39, 0.29) is 0 Å². The van der Waals surface area contributed by atoms with Crippen LogP contribution >= 0.6 is 0 Å². The minimum Gasteiger partial charge on any atom is -0.493 e. The zero-order valence-electron chi connectivity index (χ0n) is 16.6. The van der Waals surface area contributed by atoms with Gasteiger partial charge in [-0.1, -0.05) is 0 Å². The van der Waals surface area contributed by atoms with Crippen molar-refractivity contribution in [2.75, 3.05) is 40.9 Å². The van der Waals surface area contributed by atoms with Gasteiger partial charge in [0.1, 0.15) is 0 Å². The second-order valence-electron chi connectivity index (χ2n) is 6.81. The molecule has 1 amide bonds. The highest BCUT2D eigenvalue weighted by Crippen LogP contribution is 2.37. The lowest BCUT2D eigenvalue weighted by atomic mass is 9.93. The predicted molar refractivity (Wildman–Crippen MR) is 107 cm³/mol. The fraction of sp³-hybridized carbons (Fsp3) is 0.500. The first-order valence-corrected chi connectivity index (χ1v) is 10.4. The van der Waals surface area contributed by atoms with Crippen LogP contribution in [0.2, 0.25) is 0 Å². The first kappa shape index (κ1) is 22.0. The maximum Gasteiger partial charge on any atom is 0.274 e. The van der Waals surface area contributed by atoms with Gasteiger partial charge in [0.25, 0.3) is 10.2 Å². The second kappa shape index (κ2) is 9.26. The summed E-state index contributed by atoms with van der Waals surface area (Å²) in [6.45, 7) is 3.77. The van der Waals surface area contributed by atoms with Crippen molar-refractivity contribution in [2.24, 2.45) is 11.1 Å². The van der Waals surface area contributed by atoms with E-state index in [1.54, 1.807) is 27.5 Å². The summed E-state index contributed by atoms with van der Waals surface area (Å²) in [5.41, 5.74) is 2.82. The molecule has 0 bridgehead atoms. The van der Waals surface area contributed by atoms with E-state index in [9.17, 15) is 13.2 Å². The Balaban J connectivity index is 2.19. The van der Waals surface area contributed by atoms with E-state index in [2.05, 4.69) is 9.62 Å². The SMILES string of the molecule is COc1cc(C)c(/C(=C\N(C)C=O)N2CC(CCNS(N)(=O)=O)C2)cc1OC. The minimum absolute atomic E-state index is 0.306. The number of amides is 1. The van der Waals surface area contributed by atoms with Crippen molar-refractivity contribution in [1.29, 1.82) is 0 Å². The molecule has 1 saturated heterocycles. The van der Waals surface area contributed by atoms with Crippen molar-refractivity contribution in [3.63, 3.8) is 0 Å². The van der Waals surface area contributed by atoms with Crippen molar-refractivity contribution in [2.45, 2.75) is 13.3 Å². The van der Waals surface area contributed by atoms with Crippen LogP contribution in [0.5, 0.6) is 11.5 Å². The smallest absolute Gasteiger partial charge is 0.274 e. The number of ether oxygens (including phenoxy) is 2. The molecule has 0 unspecified atom stereocenters. The second-order valence-corrected chi connectivity index (χ2v) is 8.19. The molecule has 0 radical (unpaired) electrons. The quantitative estimate of drug-likeness (QED) is 0.542. The van der Waals surface area contributed by atoms with Crippen LogP contribution in [0, 0.1) is 12.8 Å². The molecule has 156 valence electrons. The van der Waals surface area contributed by atoms with Crippen LogP contribution in [0.3, 0.4) is 0 Å². The molecule has 28 heavy (non-hydrogen) atoms. The van der Waals surface area contributed by atoms with Crippen LogP contribution in [0.1, 0.15) is 17.5 Å². The van der Waals surface area contributed by atoms with E-state index in [0.29, 0.717) is 30.4 Å². The largest absolute Gasteiger partial charge is 0.493 e. The van der Waals surface area contributed by atoms with Gasteiger partial charge in [0.05, 0.1) is 19.9 Å². The highest BCUT2D eigenvalue weighted by molar-refractivity contribution is 7.87. The van der Waals surface area contributed by atoms with Crippen LogP contribution in [-0.2, 0) is 15.0 Å². The summed E-state index contributed by atoms with van der Waals surface area (Å²) in [5.74, 6) is 1.58. The van der Waals surface area contributed by atoms with E-state index in [1.807, 2.05) is 19.1 Å². The number of nitrogens with zero attached hydrogens (tertiary/aromatic N) is 2. The number of benzene rings is 1. The summed E-state index contributed by atoms with van der Waals surface area (Å²) < 4.78 is 35.0. The molecule has 9 nitrogen and oxygen atoms in total. The number of hydrogen-bond acceptors (Lipinski definition) is 6. The molecule has 2 rings (SSSR count). The summed E-state index contributed by atoms with van der Waals surface area (Å²) in [6.07, 6.45) is 3.21. The maximum absolute atomic E-state index is 11.1. The van der Waals surface area contributed by atoms with Crippen molar-refractivity contribution in [3.8, 4) is 11.5 Å². The summed E-state index contributed by atoms with van der Waals surface area (Å²) in [5, 5.41) is 4.95. The predicted octanol–water partition coefficient (Wildman–Crippen LogP) is 0.514. The lowest BCUT2D eigenvalue weighted by molar-refractivity contribution is -0.115. The van der Waals surface area contributed by atoms with E-state index in [1.165, 1.54) is 4.90 Å². The minimum atomic E-state index is -3.66. The Morgan fingerprint density at radius 3 is 2.46 bits per heavy atom. The third-order valence-corrected chi connectivity index (χ3v) is 5.26. The van der Waals surface area contributed by atoms with Crippen molar-refractivity contribution < 1.29 is 22.7 Å². The lowest BCUT2D eigenvalue weighted by Crippen LogP contribution is -2.47. The summed E-state index contributed by atoms with van der Waals surface area (Å²) in [6, 6.07) is 3.80. The van der Waals surface area contributed by atoms with Crippen LogP contribution in [0.4, 0.5) is 0 Å². The van der Waals surface area contributed by atoms with Gasteiger partial charge in [-0.2, -0.15) is 8.42 Å². The number of nitrogens with two attached hydrogens (primary N) is 1. The number of likely N-dealkylation sites (tertiary alicyclic amines) is 1. The first-order valence-electron chi connectivity index (χ1n) is 8.82. The Labute approximate surface area is 166 Å². The fourth-order valence-corrected chi connectivity index (χ4v) is 3.56. The summed E-state index contributed by atoms with van der Waals surface area (Å²) in [7, 11) is 1.18. The normalized spacial score (nSPS) is 15.2. The third-order valence-electron chi connectivity index (χ3n) is 4.65. The third kappa shape index (κ3) is 5.60. The van der Waals surface area contributed by atoms with Crippen molar-refractivity contribution in [1.82, 2.24) is 14.5 Å². The molecule has 0 aliphatic carbocycles. The average Bonchev–Trinajstić information content (AvgIpc) is 2.60. The average molecular weight is 413 g/mol. The molecule has 1 aliphatic heterocycles. The van der Waals surface area contributed by atoms with Gasteiger partial charge in [0.2, 0.25) is 6.41 Å². The molecular weight excluding hydrogens is 384 g/mol. The van der Waals surface area contributed by atoms with Crippen molar-refractivity contribution >= 4 is 22.3 Å². The summed E-state index contributed by atoms with van der Waals surface area (Å²) >= 11 is 0. The summed E-state index contributed by atoms with van der Waals surface area (Å²) in [4.78, 5) is 14.8. The lowest BCUT2D eigenvalue weighted by Gasteiger charge is -2.43. The topological polar surface area (TPSA) is 114 Å². The molecule has 0 aromatic heterocycles.